The molecule has 2 atom stereocenters. The summed E-state index contributed by atoms with van der Waals surface area (Å²) in [5, 5.41) is 9.91. The van der Waals surface area contributed by atoms with Crippen LogP contribution in [0.2, 0.25) is 0 Å². The van der Waals surface area contributed by atoms with E-state index >= 15 is 0 Å². The quantitative estimate of drug-likeness (QED) is 0.723. The first kappa shape index (κ1) is 9.47. The second-order valence-electron chi connectivity index (χ2n) is 4.83. The summed E-state index contributed by atoms with van der Waals surface area (Å²) in [6.45, 7) is 5.01. The van der Waals surface area contributed by atoms with Crippen molar-refractivity contribution in [1.29, 1.82) is 0 Å². The normalized spacial score (nSPS) is 48.7. The van der Waals surface area contributed by atoms with E-state index in [9.17, 15) is 5.11 Å². The second-order valence-corrected chi connectivity index (χ2v) is 4.83. The van der Waals surface area contributed by atoms with Crippen LogP contribution in [0, 0.1) is 11.8 Å². The molecule has 2 fully saturated rings. The van der Waals surface area contributed by atoms with Crippen molar-refractivity contribution in [3.63, 3.8) is 0 Å². The SMILES string of the molecule is CCOC1CC(CC2(O)CC2C)C1. The number of rotatable bonds is 4. The van der Waals surface area contributed by atoms with Gasteiger partial charge in [0.05, 0.1) is 11.7 Å². The van der Waals surface area contributed by atoms with Gasteiger partial charge >= 0.3 is 0 Å². The molecule has 2 saturated carbocycles. The summed E-state index contributed by atoms with van der Waals surface area (Å²) in [6, 6.07) is 0. The third-order valence-corrected chi connectivity index (χ3v) is 3.65. The fourth-order valence-corrected chi connectivity index (χ4v) is 2.47. The lowest BCUT2D eigenvalue weighted by atomic mass is 9.78. The highest BCUT2D eigenvalue weighted by Gasteiger charge is 2.51. The van der Waals surface area contributed by atoms with E-state index in [1.54, 1.807) is 0 Å². The monoisotopic (exact) mass is 184 g/mol. The summed E-state index contributed by atoms with van der Waals surface area (Å²) in [7, 11) is 0. The highest BCUT2D eigenvalue weighted by atomic mass is 16.5. The molecule has 0 spiro atoms. The Hall–Kier alpha value is -0.0800. The van der Waals surface area contributed by atoms with Crippen LogP contribution in [0.5, 0.6) is 0 Å². The Morgan fingerprint density at radius 3 is 2.54 bits per heavy atom. The Kier molecular flexibility index (Phi) is 2.37. The molecule has 2 aliphatic carbocycles. The molecular weight excluding hydrogens is 164 g/mol. The molecule has 1 N–H and O–H groups in total. The molecule has 0 aromatic carbocycles. The van der Waals surface area contributed by atoms with Gasteiger partial charge in [-0.2, -0.15) is 0 Å². The van der Waals surface area contributed by atoms with Crippen molar-refractivity contribution in [1.82, 2.24) is 0 Å². The van der Waals surface area contributed by atoms with Gasteiger partial charge in [0.2, 0.25) is 0 Å². The van der Waals surface area contributed by atoms with Gasteiger partial charge in [-0.25, -0.2) is 0 Å². The predicted molar refractivity (Wildman–Crippen MR) is 51.5 cm³/mol. The van der Waals surface area contributed by atoms with Crippen molar-refractivity contribution in [2.24, 2.45) is 11.8 Å². The van der Waals surface area contributed by atoms with Crippen molar-refractivity contribution in [2.75, 3.05) is 6.61 Å². The van der Waals surface area contributed by atoms with Gasteiger partial charge in [0, 0.05) is 6.61 Å². The highest BCUT2D eigenvalue weighted by molar-refractivity contribution is 5.03. The van der Waals surface area contributed by atoms with E-state index in [0.29, 0.717) is 12.0 Å². The van der Waals surface area contributed by atoms with Crippen molar-refractivity contribution in [3.05, 3.63) is 0 Å². The predicted octanol–water partition coefficient (Wildman–Crippen LogP) is 1.96. The van der Waals surface area contributed by atoms with Gasteiger partial charge < -0.3 is 9.84 Å². The Labute approximate surface area is 80.3 Å². The Morgan fingerprint density at radius 2 is 2.08 bits per heavy atom. The lowest BCUT2D eigenvalue weighted by molar-refractivity contribution is -0.0426. The number of hydrogen-bond acceptors (Lipinski definition) is 2. The molecule has 2 unspecified atom stereocenters. The highest BCUT2D eigenvalue weighted by Crippen LogP contribution is 2.50. The first-order valence-corrected chi connectivity index (χ1v) is 5.48. The van der Waals surface area contributed by atoms with Gasteiger partial charge in [-0.1, -0.05) is 6.92 Å². The van der Waals surface area contributed by atoms with E-state index in [1.807, 2.05) is 6.92 Å². The van der Waals surface area contributed by atoms with Crippen LogP contribution in [0.4, 0.5) is 0 Å². The minimum absolute atomic E-state index is 0.290. The Bertz CT molecular complexity index is 187. The molecule has 0 heterocycles. The minimum atomic E-state index is -0.290. The first-order valence-electron chi connectivity index (χ1n) is 5.48. The molecule has 76 valence electrons. The molecule has 0 aromatic heterocycles. The van der Waals surface area contributed by atoms with Crippen molar-refractivity contribution in [2.45, 2.75) is 51.2 Å². The zero-order valence-corrected chi connectivity index (χ0v) is 8.62. The summed E-state index contributed by atoms with van der Waals surface area (Å²) in [6.07, 6.45) is 4.86. The maximum absolute atomic E-state index is 9.91. The second kappa shape index (κ2) is 3.25. The summed E-state index contributed by atoms with van der Waals surface area (Å²) >= 11 is 0. The summed E-state index contributed by atoms with van der Waals surface area (Å²) in [5.74, 6) is 1.27. The molecular formula is C11H20O2. The van der Waals surface area contributed by atoms with Crippen molar-refractivity contribution in [3.8, 4) is 0 Å². The Balaban J connectivity index is 1.65. The van der Waals surface area contributed by atoms with Crippen LogP contribution in [-0.4, -0.2) is 23.4 Å². The number of hydrogen-bond donors (Lipinski definition) is 1. The fourth-order valence-electron chi connectivity index (χ4n) is 2.47. The molecule has 0 saturated heterocycles. The lowest BCUT2D eigenvalue weighted by Gasteiger charge is -2.36. The maximum atomic E-state index is 9.91. The van der Waals surface area contributed by atoms with Crippen LogP contribution in [0.25, 0.3) is 0 Å². The van der Waals surface area contributed by atoms with Gasteiger partial charge in [0.25, 0.3) is 0 Å². The van der Waals surface area contributed by atoms with E-state index in [0.717, 1.165) is 25.4 Å². The van der Waals surface area contributed by atoms with E-state index in [4.69, 9.17) is 4.74 Å². The summed E-state index contributed by atoms with van der Waals surface area (Å²) in [5.41, 5.74) is -0.290. The van der Waals surface area contributed by atoms with Crippen LogP contribution in [0.3, 0.4) is 0 Å². The van der Waals surface area contributed by atoms with Gasteiger partial charge in [-0.15, -0.1) is 0 Å². The molecule has 2 nitrogen and oxygen atoms in total. The van der Waals surface area contributed by atoms with Crippen molar-refractivity contribution >= 4 is 0 Å². The molecule has 0 aromatic rings. The Morgan fingerprint density at radius 1 is 1.46 bits per heavy atom. The van der Waals surface area contributed by atoms with Crippen LogP contribution in [-0.2, 0) is 4.74 Å². The molecule has 2 heteroatoms. The zero-order chi connectivity index (χ0) is 9.47. The van der Waals surface area contributed by atoms with Crippen LogP contribution in [0.1, 0.15) is 39.5 Å². The first-order chi connectivity index (χ1) is 6.14. The number of ether oxygens (including phenoxy) is 1. The largest absolute Gasteiger partial charge is 0.390 e. The molecule has 2 aliphatic rings. The maximum Gasteiger partial charge on any atom is 0.0680 e. The number of aliphatic hydroxyl groups is 1. The van der Waals surface area contributed by atoms with E-state index in [-0.39, 0.29) is 5.60 Å². The van der Waals surface area contributed by atoms with E-state index in [1.165, 1.54) is 12.8 Å². The summed E-state index contributed by atoms with van der Waals surface area (Å²) < 4.78 is 5.49. The standard InChI is InChI=1S/C11H20O2/c1-3-13-10-4-9(5-10)7-11(12)6-8(11)2/h8-10,12H,3-7H2,1-2H3. The lowest BCUT2D eigenvalue weighted by Crippen LogP contribution is -2.34. The molecule has 0 radical (unpaired) electrons. The third-order valence-electron chi connectivity index (χ3n) is 3.65. The smallest absolute Gasteiger partial charge is 0.0680 e. The van der Waals surface area contributed by atoms with Crippen molar-refractivity contribution < 1.29 is 9.84 Å². The van der Waals surface area contributed by atoms with Gasteiger partial charge in [0.1, 0.15) is 0 Å². The molecule has 0 amide bonds. The molecule has 0 bridgehead atoms. The molecule has 0 aliphatic heterocycles. The summed E-state index contributed by atoms with van der Waals surface area (Å²) in [4.78, 5) is 0. The topological polar surface area (TPSA) is 29.5 Å². The van der Waals surface area contributed by atoms with Crippen LogP contribution >= 0.6 is 0 Å². The minimum Gasteiger partial charge on any atom is -0.390 e. The van der Waals surface area contributed by atoms with Crippen LogP contribution < -0.4 is 0 Å². The van der Waals surface area contributed by atoms with Gasteiger partial charge in [-0.3, -0.25) is 0 Å². The third kappa shape index (κ3) is 1.89. The molecule has 13 heavy (non-hydrogen) atoms. The average Bonchev–Trinajstić information content (AvgIpc) is 2.56. The average molecular weight is 184 g/mol. The van der Waals surface area contributed by atoms with E-state index in [2.05, 4.69) is 6.92 Å². The van der Waals surface area contributed by atoms with Gasteiger partial charge in [0.15, 0.2) is 0 Å². The van der Waals surface area contributed by atoms with Gasteiger partial charge in [-0.05, 0) is 44.4 Å². The zero-order valence-electron chi connectivity index (χ0n) is 8.62. The van der Waals surface area contributed by atoms with E-state index < -0.39 is 0 Å². The van der Waals surface area contributed by atoms with Crippen LogP contribution in [0.15, 0.2) is 0 Å². The molecule has 2 rings (SSSR count). The fraction of sp³-hybridized carbons (Fsp3) is 1.00.